The van der Waals surface area contributed by atoms with Gasteiger partial charge in [0, 0.05) is 31.3 Å². The minimum Gasteiger partial charge on any atom is -0.253 e. The fraction of sp³-hybridized carbons (Fsp3) is 0. The maximum Gasteiger partial charge on any atom is 0.0886 e. The molecule has 0 bridgehead atoms. The number of aromatic nitrogens is 2. The van der Waals surface area contributed by atoms with Crippen LogP contribution in [-0.2, 0) is 0 Å². The number of para-hydroxylation sites is 2. The summed E-state index contributed by atoms with van der Waals surface area (Å²) in [6.07, 6.45) is 3.39. The molecule has 0 N–H and O–H groups in total. The van der Waals surface area contributed by atoms with Gasteiger partial charge in [0.1, 0.15) is 0 Å². The first-order chi connectivity index (χ1) is 4.97. The van der Waals surface area contributed by atoms with Crippen molar-refractivity contribution in [3.63, 3.8) is 0 Å². The molecule has 1 aromatic carbocycles. The molecule has 3 heteroatoms. The molecule has 0 aliphatic carbocycles. The van der Waals surface area contributed by atoms with Crippen LogP contribution in [0, 0.1) is 0 Å². The van der Waals surface area contributed by atoms with Gasteiger partial charge in [0.05, 0.1) is 11.0 Å². The van der Waals surface area contributed by atoms with Crippen LogP contribution in [0.25, 0.3) is 11.0 Å². The van der Waals surface area contributed by atoms with E-state index < -0.39 is 0 Å². The van der Waals surface area contributed by atoms with Crippen LogP contribution in [0.4, 0.5) is 0 Å². The molecule has 1 radical (unpaired) electrons. The van der Waals surface area contributed by atoms with Gasteiger partial charge in [-0.3, -0.25) is 9.97 Å². The molecule has 0 aliphatic rings. The molecular formula is C8H6LiN2. The molecular weight excluding hydrogens is 131 g/mol. The number of nitrogens with zero attached hydrogens (tertiary/aromatic N) is 2. The van der Waals surface area contributed by atoms with Crippen molar-refractivity contribution in [2.45, 2.75) is 0 Å². The molecule has 1 aromatic heterocycles. The van der Waals surface area contributed by atoms with E-state index >= 15 is 0 Å². The molecule has 2 aromatic rings. The molecule has 49 valence electrons. The summed E-state index contributed by atoms with van der Waals surface area (Å²) in [5.41, 5.74) is 1.90. The monoisotopic (exact) mass is 137 g/mol. The SMILES string of the molecule is [Li].c1ccc2nccnc2c1. The molecule has 0 amide bonds. The van der Waals surface area contributed by atoms with Crippen molar-refractivity contribution in [3.05, 3.63) is 36.7 Å². The zero-order chi connectivity index (χ0) is 6.81. The third-order valence-corrected chi connectivity index (χ3v) is 1.38. The molecule has 1 heterocycles. The third-order valence-electron chi connectivity index (χ3n) is 1.38. The van der Waals surface area contributed by atoms with Gasteiger partial charge in [-0.2, -0.15) is 0 Å². The van der Waals surface area contributed by atoms with Crippen LogP contribution in [0.15, 0.2) is 36.7 Å². The zero-order valence-electron chi connectivity index (χ0n) is 6.36. The van der Waals surface area contributed by atoms with Gasteiger partial charge < -0.3 is 0 Å². The molecule has 0 saturated heterocycles. The van der Waals surface area contributed by atoms with Crippen LogP contribution in [0.5, 0.6) is 0 Å². The predicted molar refractivity (Wildman–Crippen MR) is 45.3 cm³/mol. The smallest absolute Gasteiger partial charge is 0.0886 e. The first kappa shape index (κ1) is 8.26. The Bertz CT molecular complexity index is 283. The second kappa shape index (κ2) is 3.52. The van der Waals surface area contributed by atoms with E-state index in [9.17, 15) is 0 Å². The molecule has 2 rings (SSSR count). The summed E-state index contributed by atoms with van der Waals surface area (Å²) in [5, 5.41) is 0. The number of fused-ring (bicyclic) bond motifs is 1. The van der Waals surface area contributed by atoms with Gasteiger partial charge >= 0.3 is 0 Å². The quantitative estimate of drug-likeness (QED) is 0.510. The second-order valence-corrected chi connectivity index (χ2v) is 2.05. The summed E-state index contributed by atoms with van der Waals surface area (Å²) in [6, 6.07) is 7.80. The maximum atomic E-state index is 4.12. The summed E-state index contributed by atoms with van der Waals surface area (Å²) in [7, 11) is 0. The van der Waals surface area contributed by atoms with E-state index in [1.807, 2.05) is 24.3 Å². The summed E-state index contributed by atoms with van der Waals surface area (Å²) >= 11 is 0. The van der Waals surface area contributed by atoms with Gasteiger partial charge in [-0.25, -0.2) is 0 Å². The summed E-state index contributed by atoms with van der Waals surface area (Å²) in [5.74, 6) is 0. The van der Waals surface area contributed by atoms with Gasteiger partial charge in [-0.05, 0) is 12.1 Å². The minimum absolute atomic E-state index is 0. The van der Waals surface area contributed by atoms with Crippen LogP contribution in [0.2, 0.25) is 0 Å². The summed E-state index contributed by atoms with van der Waals surface area (Å²) in [6.45, 7) is 0. The van der Waals surface area contributed by atoms with E-state index in [2.05, 4.69) is 9.97 Å². The minimum atomic E-state index is 0. The largest absolute Gasteiger partial charge is 0.253 e. The predicted octanol–water partition coefficient (Wildman–Crippen LogP) is 1.25. The molecule has 0 saturated carbocycles. The van der Waals surface area contributed by atoms with E-state index in [0.717, 1.165) is 11.0 Å². The van der Waals surface area contributed by atoms with Crippen molar-refractivity contribution in [1.29, 1.82) is 0 Å². The van der Waals surface area contributed by atoms with Crippen molar-refractivity contribution in [3.8, 4) is 0 Å². The van der Waals surface area contributed by atoms with Crippen LogP contribution in [0.3, 0.4) is 0 Å². The molecule has 0 fully saturated rings. The molecule has 11 heavy (non-hydrogen) atoms. The maximum absolute atomic E-state index is 4.12. The van der Waals surface area contributed by atoms with Gasteiger partial charge in [0.15, 0.2) is 0 Å². The van der Waals surface area contributed by atoms with E-state index in [4.69, 9.17) is 0 Å². The van der Waals surface area contributed by atoms with Gasteiger partial charge in [-0.1, -0.05) is 12.1 Å². The van der Waals surface area contributed by atoms with Crippen LogP contribution in [-0.4, -0.2) is 28.8 Å². The molecule has 0 atom stereocenters. The van der Waals surface area contributed by atoms with Crippen LogP contribution >= 0.6 is 0 Å². The number of hydrogen-bond acceptors (Lipinski definition) is 2. The van der Waals surface area contributed by atoms with Crippen LogP contribution in [0.1, 0.15) is 0 Å². The van der Waals surface area contributed by atoms with E-state index in [1.54, 1.807) is 12.4 Å². The second-order valence-electron chi connectivity index (χ2n) is 2.05. The fourth-order valence-corrected chi connectivity index (χ4v) is 0.910. The first-order valence-corrected chi connectivity index (χ1v) is 3.12. The van der Waals surface area contributed by atoms with Crippen molar-refractivity contribution < 1.29 is 0 Å². The Hall–Kier alpha value is -0.843. The average molecular weight is 137 g/mol. The fourth-order valence-electron chi connectivity index (χ4n) is 0.910. The van der Waals surface area contributed by atoms with Crippen molar-refractivity contribution in [2.24, 2.45) is 0 Å². The Labute approximate surface area is 76.8 Å². The van der Waals surface area contributed by atoms with E-state index in [-0.39, 0.29) is 18.9 Å². The summed E-state index contributed by atoms with van der Waals surface area (Å²) < 4.78 is 0. The number of benzene rings is 1. The zero-order valence-corrected chi connectivity index (χ0v) is 6.36. The van der Waals surface area contributed by atoms with Crippen molar-refractivity contribution in [1.82, 2.24) is 9.97 Å². The Balaban J connectivity index is 0.000000605. The molecule has 2 nitrogen and oxygen atoms in total. The average Bonchev–Trinajstić information content (AvgIpc) is 2.05. The number of hydrogen-bond donors (Lipinski definition) is 0. The van der Waals surface area contributed by atoms with Crippen molar-refractivity contribution in [2.75, 3.05) is 0 Å². The third kappa shape index (κ3) is 1.59. The Morgan fingerprint density at radius 1 is 0.818 bits per heavy atom. The van der Waals surface area contributed by atoms with Crippen molar-refractivity contribution >= 4 is 29.9 Å². The Kier molecular flexibility index (Phi) is 2.64. The summed E-state index contributed by atoms with van der Waals surface area (Å²) in [4.78, 5) is 8.24. The molecule has 0 unspecified atom stereocenters. The van der Waals surface area contributed by atoms with Gasteiger partial charge in [0.25, 0.3) is 0 Å². The number of rotatable bonds is 0. The topological polar surface area (TPSA) is 25.8 Å². The molecule has 0 spiro atoms. The van der Waals surface area contributed by atoms with Gasteiger partial charge in [0.2, 0.25) is 0 Å². The van der Waals surface area contributed by atoms with Crippen LogP contribution < -0.4 is 0 Å². The normalized spacial score (nSPS) is 9.09. The molecule has 0 aliphatic heterocycles. The van der Waals surface area contributed by atoms with Gasteiger partial charge in [-0.15, -0.1) is 0 Å². The Morgan fingerprint density at radius 3 is 1.73 bits per heavy atom. The first-order valence-electron chi connectivity index (χ1n) is 3.12. The standard InChI is InChI=1S/C8H6N2.Li/c1-2-4-8-7(3-1)9-5-6-10-8;/h1-6H;. The van der Waals surface area contributed by atoms with E-state index in [1.165, 1.54) is 0 Å². The van der Waals surface area contributed by atoms with E-state index in [0.29, 0.717) is 0 Å². The Morgan fingerprint density at radius 2 is 1.27 bits per heavy atom.